The third-order valence-corrected chi connectivity index (χ3v) is 2.72. The molecule has 2 aromatic rings. The van der Waals surface area contributed by atoms with E-state index in [9.17, 15) is 9.59 Å². The standard InChI is InChI=1S/C9H11ClN4O2/c1-4(10)6-11-7-5(13(6)2)8(15)12-9(16)14(7)3/h4H,1-3H3,(H,12,15,16). The van der Waals surface area contributed by atoms with Gasteiger partial charge in [0.15, 0.2) is 11.2 Å². The molecule has 0 amide bonds. The van der Waals surface area contributed by atoms with E-state index >= 15 is 0 Å². The van der Waals surface area contributed by atoms with E-state index in [0.717, 1.165) is 0 Å². The highest BCUT2D eigenvalue weighted by Gasteiger charge is 2.17. The molecule has 16 heavy (non-hydrogen) atoms. The Bertz CT molecular complexity index is 664. The van der Waals surface area contributed by atoms with Crippen LogP contribution in [0.4, 0.5) is 0 Å². The summed E-state index contributed by atoms with van der Waals surface area (Å²) in [5.41, 5.74) is -0.232. The molecule has 2 heterocycles. The smallest absolute Gasteiger partial charge is 0.324 e. The number of nitrogens with one attached hydrogen (secondary N) is 1. The van der Waals surface area contributed by atoms with E-state index in [-0.39, 0.29) is 5.38 Å². The molecule has 0 aliphatic rings. The van der Waals surface area contributed by atoms with E-state index < -0.39 is 11.2 Å². The lowest BCUT2D eigenvalue weighted by molar-refractivity contribution is 0.809. The number of imidazole rings is 1. The molecule has 0 aromatic carbocycles. The second-order valence-electron chi connectivity index (χ2n) is 3.64. The monoisotopic (exact) mass is 242 g/mol. The van der Waals surface area contributed by atoms with E-state index in [0.29, 0.717) is 17.0 Å². The molecular weight excluding hydrogens is 232 g/mol. The van der Waals surface area contributed by atoms with Crippen molar-refractivity contribution in [2.45, 2.75) is 12.3 Å². The zero-order valence-corrected chi connectivity index (χ0v) is 9.87. The van der Waals surface area contributed by atoms with Crippen LogP contribution in [0.5, 0.6) is 0 Å². The van der Waals surface area contributed by atoms with Crippen LogP contribution in [0.1, 0.15) is 18.1 Å². The van der Waals surface area contributed by atoms with Crippen LogP contribution in [-0.4, -0.2) is 19.1 Å². The van der Waals surface area contributed by atoms with Crippen LogP contribution in [0.15, 0.2) is 9.59 Å². The van der Waals surface area contributed by atoms with Gasteiger partial charge in [0, 0.05) is 14.1 Å². The van der Waals surface area contributed by atoms with E-state index in [4.69, 9.17) is 11.6 Å². The van der Waals surface area contributed by atoms with Crippen molar-refractivity contribution in [3.05, 3.63) is 26.7 Å². The number of rotatable bonds is 1. The molecule has 7 heteroatoms. The van der Waals surface area contributed by atoms with Gasteiger partial charge in [0.2, 0.25) is 0 Å². The van der Waals surface area contributed by atoms with Crippen molar-refractivity contribution in [2.24, 2.45) is 14.1 Å². The van der Waals surface area contributed by atoms with E-state index in [1.165, 1.54) is 4.57 Å². The largest absolute Gasteiger partial charge is 0.329 e. The number of aryl methyl sites for hydroxylation is 2. The maximum Gasteiger partial charge on any atom is 0.329 e. The summed E-state index contributed by atoms with van der Waals surface area (Å²) in [5, 5.41) is -0.327. The summed E-state index contributed by atoms with van der Waals surface area (Å²) < 4.78 is 2.89. The van der Waals surface area contributed by atoms with E-state index in [2.05, 4.69) is 9.97 Å². The van der Waals surface area contributed by atoms with Gasteiger partial charge in [-0.15, -0.1) is 11.6 Å². The predicted octanol–water partition coefficient (Wildman–Crippen LogP) is 0.260. The molecule has 2 rings (SSSR count). The molecule has 0 saturated heterocycles. The summed E-state index contributed by atoms with van der Waals surface area (Å²) in [4.78, 5) is 29.4. The van der Waals surface area contributed by atoms with Crippen molar-refractivity contribution in [3.63, 3.8) is 0 Å². The zero-order valence-electron chi connectivity index (χ0n) is 9.11. The normalized spacial score (nSPS) is 13.2. The summed E-state index contributed by atoms with van der Waals surface area (Å²) >= 11 is 5.94. The molecule has 1 N–H and O–H groups in total. The minimum absolute atomic E-state index is 0.327. The number of alkyl halides is 1. The number of hydrogen-bond donors (Lipinski definition) is 1. The van der Waals surface area contributed by atoms with Gasteiger partial charge in [-0.05, 0) is 6.92 Å². The average molecular weight is 243 g/mol. The van der Waals surface area contributed by atoms with Crippen molar-refractivity contribution in [1.29, 1.82) is 0 Å². The fourth-order valence-corrected chi connectivity index (χ4v) is 1.88. The summed E-state index contributed by atoms with van der Waals surface area (Å²) in [5.74, 6) is 0.559. The Balaban J connectivity index is 3.02. The van der Waals surface area contributed by atoms with Gasteiger partial charge in [0.1, 0.15) is 5.82 Å². The Labute approximate surface area is 95.5 Å². The number of aromatic nitrogens is 4. The Morgan fingerprint density at radius 2 is 1.94 bits per heavy atom. The second-order valence-corrected chi connectivity index (χ2v) is 4.29. The predicted molar refractivity (Wildman–Crippen MR) is 60.8 cm³/mol. The fraction of sp³-hybridized carbons (Fsp3) is 0.444. The van der Waals surface area contributed by atoms with Crippen molar-refractivity contribution < 1.29 is 0 Å². The Morgan fingerprint density at radius 1 is 1.31 bits per heavy atom. The molecule has 0 aliphatic heterocycles. The summed E-state index contributed by atoms with van der Waals surface area (Å²) in [6.45, 7) is 1.76. The van der Waals surface area contributed by atoms with Crippen molar-refractivity contribution in [1.82, 2.24) is 19.1 Å². The molecule has 6 nitrogen and oxygen atoms in total. The fourth-order valence-electron chi connectivity index (χ4n) is 1.68. The second kappa shape index (κ2) is 3.48. The first-order valence-electron chi connectivity index (χ1n) is 4.73. The lowest BCUT2D eigenvalue weighted by Crippen LogP contribution is -2.29. The van der Waals surface area contributed by atoms with Gasteiger partial charge in [-0.25, -0.2) is 9.78 Å². The molecular formula is C9H11ClN4O2. The third kappa shape index (κ3) is 1.37. The van der Waals surface area contributed by atoms with Gasteiger partial charge in [0.05, 0.1) is 5.38 Å². The van der Waals surface area contributed by atoms with Crippen LogP contribution in [0.25, 0.3) is 11.2 Å². The first-order valence-corrected chi connectivity index (χ1v) is 5.16. The van der Waals surface area contributed by atoms with Crippen LogP contribution in [0, 0.1) is 0 Å². The Hall–Kier alpha value is -1.56. The molecule has 0 aliphatic carbocycles. The van der Waals surface area contributed by atoms with Gasteiger partial charge in [-0.1, -0.05) is 0 Å². The molecule has 0 fully saturated rings. The van der Waals surface area contributed by atoms with E-state index in [1.807, 2.05) is 0 Å². The Morgan fingerprint density at radius 3 is 2.50 bits per heavy atom. The van der Waals surface area contributed by atoms with Crippen molar-refractivity contribution in [3.8, 4) is 0 Å². The summed E-state index contributed by atoms with van der Waals surface area (Å²) in [6.07, 6.45) is 0. The minimum atomic E-state index is -0.482. The number of nitrogens with zero attached hydrogens (tertiary/aromatic N) is 3. The van der Waals surface area contributed by atoms with Gasteiger partial charge in [-0.2, -0.15) is 0 Å². The summed E-state index contributed by atoms with van der Waals surface area (Å²) in [7, 11) is 3.25. The molecule has 2 aromatic heterocycles. The van der Waals surface area contributed by atoms with Crippen LogP contribution in [0.3, 0.4) is 0 Å². The number of H-pyrrole nitrogens is 1. The Kier molecular flexibility index (Phi) is 2.38. The van der Waals surface area contributed by atoms with Crippen LogP contribution in [-0.2, 0) is 14.1 Å². The maximum absolute atomic E-state index is 11.6. The molecule has 1 atom stereocenters. The van der Waals surface area contributed by atoms with Gasteiger partial charge < -0.3 is 4.57 Å². The van der Waals surface area contributed by atoms with Crippen LogP contribution in [0.2, 0.25) is 0 Å². The quantitative estimate of drug-likeness (QED) is 0.729. The number of halogens is 1. The SMILES string of the molecule is CC(Cl)c1nc2c(c(=O)[nH]c(=O)n2C)n1C. The van der Waals surface area contributed by atoms with Crippen molar-refractivity contribution in [2.75, 3.05) is 0 Å². The maximum atomic E-state index is 11.6. The number of hydrogen-bond acceptors (Lipinski definition) is 3. The highest BCUT2D eigenvalue weighted by Crippen LogP contribution is 2.20. The molecule has 86 valence electrons. The first-order chi connectivity index (χ1) is 7.43. The third-order valence-electron chi connectivity index (χ3n) is 2.52. The topological polar surface area (TPSA) is 72.7 Å². The molecule has 0 bridgehead atoms. The average Bonchev–Trinajstić information content (AvgIpc) is 2.53. The number of aromatic amines is 1. The van der Waals surface area contributed by atoms with E-state index in [1.54, 1.807) is 25.6 Å². The van der Waals surface area contributed by atoms with Crippen LogP contribution < -0.4 is 11.2 Å². The highest BCUT2D eigenvalue weighted by molar-refractivity contribution is 6.20. The zero-order chi connectivity index (χ0) is 12.0. The van der Waals surface area contributed by atoms with Gasteiger partial charge in [0.25, 0.3) is 5.56 Å². The van der Waals surface area contributed by atoms with Crippen LogP contribution >= 0.6 is 11.6 Å². The first kappa shape index (κ1) is 10.9. The van der Waals surface area contributed by atoms with Gasteiger partial charge >= 0.3 is 5.69 Å². The summed E-state index contributed by atoms with van der Waals surface area (Å²) in [6, 6.07) is 0. The number of fused-ring (bicyclic) bond motifs is 1. The molecule has 0 spiro atoms. The molecule has 0 saturated carbocycles. The molecule has 0 radical (unpaired) electrons. The van der Waals surface area contributed by atoms with Gasteiger partial charge in [-0.3, -0.25) is 14.3 Å². The molecule has 1 unspecified atom stereocenters. The minimum Gasteiger partial charge on any atom is -0.324 e. The lowest BCUT2D eigenvalue weighted by Gasteiger charge is -2.01. The highest BCUT2D eigenvalue weighted by atomic mass is 35.5. The lowest BCUT2D eigenvalue weighted by atomic mass is 10.4. The van der Waals surface area contributed by atoms with Crippen molar-refractivity contribution >= 4 is 22.8 Å².